The molecule has 90 heavy (non-hydrogen) atoms. The minimum absolute atomic E-state index is 0.0217. The highest BCUT2D eigenvalue weighted by Crippen LogP contribution is 2.20. The summed E-state index contributed by atoms with van der Waals surface area (Å²) in [6.07, 6.45) is 3.12. The molecule has 4 unspecified atom stereocenters. The number of nitrogens with two attached hydrogens (primary N) is 3. The van der Waals surface area contributed by atoms with Crippen LogP contribution in [0.25, 0.3) is 0 Å². The van der Waals surface area contributed by atoms with E-state index >= 15 is 0 Å². The Kier molecular flexibility index (Phi) is 33.9. The number of nitrogens with zero attached hydrogens (tertiary/aromatic N) is 2. The number of rotatable bonds is 27. The molecule has 0 bridgehead atoms. The second-order valence-electron chi connectivity index (χ2n) is 23.4. The topological polar surface area (TPSA) is 473 Å². The van der Waals surface area contributed by atoms with Gasteiger partial charge in [-0.3, -0.25) is 48.1 Å². The summed E-state index contributed by atoms with van der Waals surface area (Å²) in [6.45, 7) is 13.1. The lowest BCUT2D eigenvalue weighted by molar-refractivity contribution is -0.146. The van der Waals surface area contributed by atoms with Gasteiger partial charge in [0, 0.05) is 51.0 Å². The van der Waals surface area contributed by atoms with Gasteiger partial charge >= 0.3 is 23.9 Å². The second-order valence-corrected chi connectivity index (χ2v) is 24.4. The van der Waals surface area contributed by atoms with Crippen molar-refractivity contribution in [2.45, 2.75) is 174 Å². The van der Waals surface area contributed by atoms with Gasteiger partial charge in [-0.1, -0.05) is 103 Å². The van der Waals surface area contributed by atoms with Gasteiger partial charge < -0.3 is 84.5 Å². The number of methoxy groups -OCH3 is 1. The van der Waals surface area contributed by atoms with Crippen LogP contribution in [-0.4, -0.2) is 195 Å². The Morgan fingerprint density at radius 3 is 1.88 bits per heavy atom. The summed E-state index contributed by atoms with van der Waals surface area (Å²) in [5.41, 5.74) is 18.3. The molecule has 29 nitrogen and oxygen atoms in total. The highest BCUT2D eigenvalue weighted by Gasteiger charge is 2.39. The number of allylic oxidation sites excluding steroid dienone is 2. The lowest BCUT2D eigenvalue weighted by Crippen LogP contribution is -2.60. The van der Waals surface area contributed by atoms with Crippen LogP contribution in [0.3, 0.4) is 0 Å². The maximum absolute atomic E-state index is 14.6. The Hall–Kier alpha value is -8.12. The molecule has 8 amide bonds. The van der Waals surface area contributed by atoms with E-state index in [4.69, 9.17) is 27.0 Å². The summed E-state index contributed by atoms with van der Waals surface area (Å²) in [4.78, 5) is 168. The molecule has 0 aromatic heterocycles. The van der Waals surface area contributed by atoms with Gasteiger partial charge in [-0.25, -0.2) is 14.4 Å². The van der Waals surface area contributed by atoms with Gasteiger partial charge in [0.25, 0.3) is 0 Å². The van der Waals surface area contributed by atoms with Gasteiger partial charge in [0.2, 0.25) is 47.3 Å². The lowest BCUT2D eigenvalue weighted by Gasteiger charge is -2.31. The molecule has 1 heterocycles. The normalized spacial score (nSPS) is 23.9. The number of thioether (sulfide) groups is 1. The molecule has 30 heteroatoms. The van der Waals surface area contributed by atoms with Crippen LogP contribution in [-0.2, 0) is 68.7 Å². The average molecular weight is 1290 g/mol. The molecule has 1 aromatic carbocycles. The van der Waals surface area contributed by atoms with Gasteiger partial charge in [-0.2, -0.15) is 11.8 Å². The van der Waals surface area contributed by atoms with Crippen molar-refractivity contribution in [1.82, 2.24) is 42.1 Å². The number of likely N-dealkylation sites (N-methyl/N-ethyl adjacent to an activating group) is 1. The van der Waals surface area contributed by atoms with Crippen molar-refractivity contribution in [3.63, 3.8) is 0 Å². The highest BCUT2D eigenvalue weighted by molar-refractivity contribution is 7.99. The van der Waals surface area contributed by atoms with Crippen LogP contribution in [0, 0.1) is 29.6 Å². The number of hydrogen-bond donors (Lipinski definition) is 14. The van der Waals surface area contributed by atoms with Crippen LogP contribution in [0.5, 0.6) is 0 Å². The van der Waals surface area contributed by atoms with E-state index < -0.39 is 168 Å². The van der Waals surface area contributed by atoms with Crippen molar-refractivity contribution < 1.29 is 82.7 Å². The number of carbonyl (C=O) groups is 12. The predicted molar refractivity (Wildman–Crippen MR) is 335 cm³/mol. The molecular formula is C60H94N12O17S. The first-order valence-corrected chi connectivity index (χ1v) is 30.9. The molecule has 1 aliphatic rings. The quantitative estimate of drug-likeness (QED) is 0.0238. The van der Waals surface area contributed by atoms with Crippen molar-refractivity contribution in [3.8, 4) is 0 Å². The molecule has 0 spiro atoms. The van der Waals surface area contributed by atoms with Crippen LogP contribution < -0.4 is 54.4 Å². The summed E-state index contributed by atoms with van der Waals surface area (Å²) in [6, 6.07) is -4.34. The van der Waals surface area contributed by atoms with E-state index in [1.165, 1.54) is 27.0 Å². The van der Waals surface area contributed by atoms with E-state index in [1.807, 2.05) is 43.3 Å². The maximum atomic E-state index is 14.6. The average Bonchev–Trinajstić information content (AvgIpc) is 1.18. The molecule has 13 atom stereocenters. The molecule has 1 aromatic rings. The third kappa shape index (κ3) is 27.7. The first kappa shape index (κ1) is 78.0. The van der Waals surface area contributed by atoms with Crippen LogP contribution in [0.1, 0.15) is 112 Å². The number of hydrogen-bond acceptors (Lipinski definition) is 16. The molecule has 0 radical (unpaired) electrons. The Morgan fingerprint density at radius 2 is 1.33 bits per heavy atom. The zero-order valence-electron chi connectivity index (χ0n) is 52.9. The number of aliphatic carboxylic acids is 4. The number of carboxylic acid groups (broad SMARTS) is 4. The van der Waals surface area contributed by atoms with E-state index in [2.05, 4.69) is 42.2 Å². The Morgan fingerprint density at radius 1 is 0.767 bits per heavy atom. The zero-order chi connectivity index (χ0) is 68.1. The van der Waals surface area contributed by atoms with Crippen LogP contribution in [0.2, 0.25) is 0 Å². The molecule has 2 rings (SSSR count). The third-order valence-electron chi connectivity index (χ3n) is 14.9. The fourth-order valence-corrected chi connectivity index (χ4v) is 10.6. The van der Waals surface area contributed by atoms with E-state index in [0.29, 0.717) is 12.0 Å². The number of benzene rings is 1. The van der Waals surface area contributed by atoms with Crippen molar-refractivity contribution in [1.29, 1.82) is 0 Å². The van der Waals surface area contributed by atoms with Crippen molar-refractivity contribution in [3.05, 3.63) is 59.7 Å². The minimum Gasteiger partial charge on any atom is -0.480 e. The molecule has 502 valence electrons. The summed E-state index contributed by atoms with van der Waals surface area (Å²) >= 11 is 0.786. The molecule has 1 fully saturated rings. The van der Waals surface area contributed by atoms with Gasteiger partial charge in [-0.15, -0.1) is 0 Å². The third-order valence-corrected chi connectivity index (χ3v) is 16.0. The van der Waals surface area contributed by atoms with Crippen molar-refractivity contribution in [2.24, 2.45) is 51.8 Å². The fourth-order valence-electron chi connectivity index (χ4n) is 9.45. The van der Waals surface area contributed by atoms with Gasteiger partial charge in [0.1, 0.15) is 48.3 Å². The first-order valence-electron chi connectivity index (χ1n) is 29.8. The zero-order valence-corrected chi connectivity index (χ0v) is 53.7. The monoisotopic (exact) mass is 1290 g/mol. The smallest absolute Gasteiger partial charge is 0.327 e. The Bertz CT molecular complexity index is 2730. The molecule has 1 saturated heterocycles. The molecular weight excluding hydrogens is 1190 g/mol. The number of amides is 8. The lowest BCUT2D eigenvalue weighted by atomic mass is 9.94. The maximum Gasteiger partial charge on any atom is 0.327 e. The summed E-state index contributed by atoms with van der Waals surface area (Å²) in [5, 5.41) is 57.9. The summed E-state index contributed by atoms with van der Waals surface area (Å²) in [7, 11) is 2.78. The summed E-state index contributed by atoms with van der Waals surface area (Å²) in [5.74, 6) is -18.4. The predicted octanol–water partition coefficient (Wildman–Crippen LogP) is -0.00580. The number of carbonyl (C=O) groups excluding carboxylic acids is 8. The number of carboxylic acids is 4. The second kappa shape index (κ2) is 39.1. The largest absolute Gasteiger partial charge is 0.480 e. The number of guanidine groups is 1. The first-order chi connectivity index (χ1) is 42.2. The van der Waals surface area contributed by atoms with Gasteiger partial charge in [0.15, 0.2) is 5.96 Å². The van der Waals surface area contributed by atoms with E-state index in [1.54, 1.807) is 47.8 Å². The Balaban J connectivity index is 2.87. The van der Waals surface area contributed by atoms with Crippen LogP contribution >= 0.6 is 11.8 Å². The Labute approximate surface area is 529 Å². The minimum atomic E-state index is -1.98. The fraction of sp³-hybridized carbons (Fsp3) is 0.617. The SMILES string of the molecule is CO[C@@H](Cc1ccccc1)[C@@H](C)/C=C(C)/C=C/C1NC(=O)[C@H](CCCN=C(N)N)NC(=O)[C@@H](C)[C@H](C(=O)O)NC(=O)[C@H](CC(C)C)NC(=O)C(CC(C)C)NC(=O)C(CSC[C@H](NC(=O)CC[C@H](N)C(=O)O)C(=O)O)N(C)C(=O)CCC(C(=O)O)NC(=O)[C@H]1C. The highest BCUT2D eigenvalue weighted by atomic mass is 32.2. The molecule has 0 saturated carbocycles. The summed E-state index contributed by atoms with van der Waals surface area (Å²) < 4.78 is 5.84. The molecule has 1 aliphatic heterocycles. The van der Waals surface area contributed by atoms with Gasteiger partial charge in [0.05, 0.1) is 24.0 Å². The number of aliphatic imine (C=N–C) groups is 1. The van der Waals surface area contributed by atoms with E-state index in [9.17, 15) is 72.9 Å². The van der Waals surface area contributed by atoms with Crippen LogP contribution in [0.4, 0.5) is 0 Å². The van der Waals surface area contributed by atoms with Crippen molar-refractivity contribution >= 4 is 88.9 Å². The van der Waals surface area contributed by atoms with E-state index in [0.717, 1.165) is 22.2 Å². The number of nitrogens with one attached hydrogen (secondary N) is 7. The van der Waals surface area contributed by atoms with Crippen molar-refractivity contribution in [2.75, 3.05) is 32.2 Å². The van der Waals surface area contributed by atoms with Gasteiger partial charge in [-0.05, 0) is 69.3 Å². The number of ether oxygens (including phenoxy) is 1. The molecule has 17 N–H and O–H groups in total. The standard InChI is InChI=1S/C60H94N12O17S/c1-31(2)25-42-53(78)69-43(26-32(3)4)54(79)71-49(59(87)88)36(8)51(76)67-40(17-14-24-64-60(62)63)52(77)66-39(20-18-33(5)27-34(6)46(89-10)28-37-15-12-11-13-16-37)35(7)50(75)68-41(57(83)84)21-23-48(74)72(9)45(55(80)70-42)30-90-29-44(58(85)86)65-47(73)22-19-38(61)56(81)82/h11-13,15-16,18,20,27,31-32,34-36,38-46,49H,14,17,19,21-26,28-30,61H2,1-10H3,(H,65,73)(H,66,77)(H,67,76)(H,68,75)(H,69,78)(H,70,80)(H,71,79)(H,81,82)(H,83,84)(H,85,86)(H,87,88)(H4,62,63,64)/b20-18+,33-27+/t34-,35-,36-,38-,39?,40-,41?,42?,43-,44-,45?,46-,49+/m0/s1. The molecule has 0 aliphatic carbocycles. The van der Waals surface area contributed by atoms with E-state index in [-0.39, 0.29) is 68.5 Å². The van der Waals surface area contributed by atoms with Crippen LogP contribution in [0.15, 0.2) is 59.1 Å².